The lowest BCUT2D eigenvalue weighted by Gasteiger charge is -2.09. The smallest absolute Gasteiger partial charge is 0.272 e. The Balaban J connectivity index is 1.54. The van der Waals surface area contributed by atoms with Gasteiger partial charge in [0, 0.05) is 56.5 Å². The predicted molar refractivity (Wildman–Crippen MR) is 120 cm³/mol. The second-order valence-electron chi connectivity index (χ2n) is 8.01. The minimum absolute atomic E-state index is 0.0366. The summed E-state index contributed by atoms with van der Waals surface area (Å²) in [6.07, 6.45) is 4.16. The van der Waals surface area contributed by atoms with Crippen molar-refractivity contribution in [1.29, 1.82) is 0 Å². The number of pyridine rings is 1. The lowest BCUT2D eigenvalue weighted by molar-refractivity contribution is 0.00755. The van der Waals surface area contributed by atoms with E-state index in [1.165, 1.54) is 30.7 Å². The van der Waals surface area contributed by atoms with Crippen molar-refractivity contribution >= 4 is 28.7 Å². The van der Waals surface area contributed by atoms with Gasteiger partial charge < -0.3 is 16.0 Å². The molecule has 2 heterocycles. The highest BCUT2D eigenvalue weighted by atomic mass is 19.3. The van der Waals surface area contributed by atoms with E-state index in [-0.39, 0.29) is 25.1 Å². The maximum atomic E-state index is 14.1. The Morgan fingerprint density at radius 2 is 2.21 bits per heavy atom. The van der Waals surface area contributed by atoms with Crippen LogP contribution in [0, 0.1) is 5.82 Å². The molecule has 0 spiro atoms. The number of H-pyrrole nitrogens is 1. The standard InChI is InChI=1S/C23H23F3N6O/c1-28-12-16(10-27)15-6-13(7-17(24)8-15)11-30-22(33)20-19-18(3-5-29-20)31-21(32-19)14-2-4-23(25,26)9-14/h3,5-8,10,12,14H,2,4,9,11,27H2,1H3,(H,30,33)(H,31,32). The molecule has 0 saturated heterocycles. The molecule has 1 saturated carbocycles. The summed E-state index contributed by atoms with van der Waals surface area (Å²) < 4.78 is 41.3. The molecular formula is C23H23F3N6O. The molecule has 1 atom stereocenters. The van der Waals surface area contributed by atoms with E-state index in [0.717, 1.165) is 0 Å². The van der Waals surface area contributed by atoms with Gasteiger partial charge in [-0.15, -0.1) is 0 Å². The van der Waals surface area contributed by atoms with Crippen molar-refractivity contribution in [1.82, 2.24) is 20.3 Å². The fraction of sp³-hybridized carbons (Fsp3) is 0.304. The summed E-state index contributed by atoms with van der Waals surface area (Å²) >= 11 is 0. The molecule has 1 fully saturated rings. The zero-order valence-corrected chi connectivity index (χ0v) is 17.9. The number of halogens is 3. The molecule has 0 radical (unpaired) electrons. The van der Waals surface area contributed by atoms with Crippen LogP contribution in [-0.4, -0.2) is 40.0 Å². The van der Waals surface area contributed by atoms with Crippen LogP contribution < -0.4 is 11.1 Å². The maximum absolute atomic E-state index is 14.1. The van der Waals surface area contributed by atoms with E-state index in [0.29, 0.717) is 40.0 Å². The Morgan fingerprint density at radius 1 is 1.39 bits per heavy atom. The van der Waals surface area contributed by atoms with Gasteiger partial charge in [-0.2, -0.15) is 0 Å². The van der Waals surface area contributed by atoms with Crippen molar-refractivity contribution in [2.45, 2.75) is 37.6 Å². The van der Waals surface area contributed by atoms with E-state index < -0.39 is 23.6 Å². The number of fused-ring (bicyclic) bond motifs is 1. The molecule has 4 rings (SSSR count). The average Bonchev–Trinajstić information content (AvgIpc) is 3.38. The molecule has 2 aromatic heterocycles. The fourth-order valence-electron chi connectivity index (χ4n) is 4.04. The van der Waals surface area contributed by atoms with Crippen molar-refractivity contribution in [3.63, 3.8) is 0 Å². The number of allylic oxidation sites excluding steroid dienone is 1. The van der Waals surface area contributed by atoms with E-state index in [2.05, 4.69) is 25.3 Å². The van der Waals surface area contributed by atoms with Gasteiger partial charge in [-0.25, -0.2) is 23.1 Å². The first-order valence-electron chi connectivity index (χ1n) is 10.4. The number of nitrogens with one attached hydrogen (secondary N) is 2. The molecule has 0 bridgehead atoms. The van der Waals surface area contributed by atoms with Crippen molar-refractivity contribution in [2.24, 2.45) is 10.7 Å². The summed E-state index contributed by atoms with van der Waals surface area (Å²) in [4.78, 5) is 28.3. The summed E-state index contributed by atoms with van der Waals surface area (Å²) in [6.45, 7) is 0.0366. The highest BCUT2D eigenvalue weighted by molar-refractivity contribution is 6.09. The van der Waals surface area contributed by atoms with Crippen LogP contribution in [0.25, 0.3) is 16.6 Å². The van der Waals surface area contributed by atoms with Gasteiger partial charge in [0.2, 0.25) is 5.92 Å². The van der Waals surface area contributed by atoms with Gasteiger partial charge in [0.25, 0.3) is 5.91 Å². The van der Waals surface area contributed by atoms with Gasteiger partial charge in [0.15, 0.2) is 5.69 Å². The summed E-state index contributed by atoms with van der Waals surface area (Å²) in [7, 11) is 1.58. The monoisotopic (exact) mass is 456 g/mol. The molecule has 1 unspecified atom stereocenters. The van der Waals surface area contributed by atoms with Gasteiger partial charge in [0.1, 0.15) is 17.2 Å². The largest absolute Gasteiger partial charge is 0.404 e. The second-order valence-corrected chi connectivity index (χ2v) is 8.01. The Morgan fingerprint density at radius 3 is 2.91 bits per heavy atom. The Labute approximate surface area is 188 Å². The Bertz CT molecular complexity index is 1250. The summed E-state index contributed by atoms with van der Waals surface area (Å²) in [6, 6.07) is 5.98. The normalized spacial score (nSPS) is 18.3. The van der Waals surface area contributed by atoms with Crippen molar-refractivity contribution in [3.05, 3.63) is 65.1 Å². The number of amides is 1. The molecule has 10 heteroatoms. The molecule has 1 aliphatic rings. The molecule has 4 N–H and O–H groups in total. The summed E-state index contributed by atoms with van der Waals surface area (Å²) in [5.74, 6) is -3.66. The molecule has 7 nitrogen and oxygen atoms in total. The summed E-state index contributed by atoms with van der Waals surface area (Å²) in [5, 5.41) is 2.72. The second kappa shape index (κ2) is 9.05. The van der Waals surface area contributed by atoms with E-state index in [4.69, 9.17) is 5.73 Å². The van der Waals surface area contributed by atoms with Crippen molar-refractivity contribution in [2.75, 3.05) is 7.05 Å². The number of hydrogen-bond donors (Lipinski definition) is 3. The highest BCUT2D eigenvalue weighted by Gasteiger charge is 2.41. The van der Waals surface area contributed by atoms with Crippen LogP contribution in [0.2, 0.25) is 0 Å². The van der Waals surface area contributed by atoms with Crippen LogP contribution in [0.4, 0.5) is 13.2 Å². The quantitative estimate of drug-likeness (QED) is 0.488. The van der Waals surface area contributed by atoms with Crippen molar-refractivity contribution < 1.29 is 18.0 Å². The highest BCUT2D eigenvalue weighted by Crippen LogP contribution is 2.43. The number of benzene rings is 1. The van der Waals surface area contributed by atoms with Crippen LogP contribution in [0.5, 0.6) is 0 Å². The van der Waals surface area contributed by atoms with Crippen LogP contribution in [0.1, 0.15) is 52.6 Å². The van der Waals surface area contributed by atoms with Crippen LogP contribution in [0.15, 0.2) is 41.7 Å². The third kappa shape index (κ3) is 4.89. The molecule has 172 valence electrons. The third-order valence-corrected chi connectivity index (χ3v) is 5.62. The minimum Gasteiger partial charge on any atom is -0.404 e. The number of carbonyl (C=O) groups excluding carboxylic acids is 1. The molecule has 3 aromatic rings. The topological polar surface area (TPSA) is 109 Å². The first-order chi connectivity index (χ1) is 15.8. The SMILES string of the molecule is CN=CC(=CN)c1cc(F)cc(CNC(=O)c2nccc3[nH]c(C4CCC(F)(F)C4)nc23)c1. The van der Waals surface area contributed by atoms with Gasteiger partial charge in [-0.05, 0) is 41.8 Å². The van der Waals surface area contributed by atoms with E-state index in [1.54, 1.807) is 19.2 Å². The first-order valence-corrected chi connectivity index (χ1v) is 10.4. The zero-order valence-electron chi connectivity index (χ0n) is 17.9. The zero-order chi connectivity index (χ0) is 23.6. The Hall–Kier alpha value is -3.69. The van der Waals surface area contributed by atoms with E-state index >= 15 is 0 Å². The van der Waals surface area contributed by atoms with Gasteiger partial charge in [0.05, 0.1) is 5.52 Å². The number of nitrogens with zero attached hydrogens (tertiary/aromatic N) is 3. The molecule has 0 aliphatic heterocycles. The number of nitrogens with two attached hydrogens (primary N) is 1. The number of carbonyl (C=O) groups is 1. The minimum atomic E-state index is -2.70. The average molecular weight is 456 g/mol. The molecular weight excluding hydrogens is 433 g/mol. The number of aliphatic imine (C=N–C) groups is 1. The number of aromatic nitrogens is 3. The number of imidazole rings is 1. The lowest BCUT2D eigenvalue weighted by atomic mass is 10.0. The van der Waals surface area contributed by atoms with Crippen molar-refractivity contribution in [3.8, 4) is 0 Å². The third-order valence-electron chi connectivity index (χ3n) is 5.62. The molecule has 1 aromatic carbocycles. The fourth-order valence-corrected chi connectivity index (χ4v) is 4.04. The lowest BCUT2D eigenvalue weighted by Crippen LogP contribution is -2.24. The number of rotatable bonds is 6. The maximum Gasteiger partial charge on any atom is 0.272 e. The molecule has 1 amide bonds. The van der Waals surface area contributed by atoms with Crippen LogP contribution in [0.3, 0.4) is 0 Å². The number of hydrogen-bond acceptors (Lipinski definition) is 5. The molecule has 1 aliphatic carbocycles. The summed E-state index contributed by atoms with van der Waals surface area (Å²) in [5.41, 5.74) is 8.11. The van der Waals surface area contributed by atoms with E-state index in [1.807, 2.05) is 0 Å². The first kappa shape index (κ1) is 22.5. The number of aromatic amines is 1. The number of alkyl halides is 2. The van der Waals surface area contributed by atoms with E-state index in [9.17, 15) is 18.0 Å². The van der Waals surface area contributed by atoms with Crippen LogP contribution >= 0.6 is 0 Å². The van der Waals surface area contributed by atoms with Gasteiger partial charge in [-0.3, -0.25) is 9.79 Å². The Kier molecular flexibility index (Phi) is 6.17. The molecule has 33 heavy (non-hydrogen) atoms. The van der Waals surface area contributed by atoms with Crippen LogP contribution in [-0.2, 0) is 6.54 Å². The van der Waals surface area contributed by atoms with Gasteiger partial charge in [-0.1, -0.05) is 0 Å². The van der Waals surface area contributed by atoms with Gasteiger partial charge >= 0.3 is 0 Å². The predicted octanol–water partition coefficient (Wildman–Crippen LogP) is 3.93.